The molecule has 0 amide bonds. The molecule has 0 aliphatic rings. The van der Waals surface area contributed by atoms with Crippen LogP contribution in [0.15, 0.2) is 42.5 Å². The van der Waals surface area contributed by atoms with Crippen LogP contribution >= 0.6 is 11.6 Å². The van der Waals surface area contributed by atoms with Gasteiger partial charge in [-0.25, -0.2) is 4.98 Å². The second kappa shape index (κ2) is 5.81. The van der Waals surface area contributed by atoms with Gasteiger partial charge in [-0.3, -0.25) is 0 Å². The van der Waals surface area contributed by atoms with Crippen LogP contribution in [0.2, 0.25) is 5.28 Å². The van der Waals surface area contributed by atoms with Crippen molar-refractivity contribution in [2.24, 2.45) is 0 Å². The first kappa shape index (κ1) is 14.6. The number of aromatic nitrogens is 2. The minimum absolute atomic E-state index is 0.244. The Bertz CT molecular complexity index is 813. The smallest absolute Gasteiger partial charge is 0.224 e. The zero-order chi connectivity index (χ0) is 15.7. The van der Waals surface area contributed by atoms with Crippen molar-refractivity contribution in [3.63, 3.8) is 0 Å². The van der Waals surface area contributed by atoms with Crippen LogP contribution in [-0.2, 0) is 0 Å². The summed E-state index contributed by atoms with van der Waals surface area (Å²) in [7, 11) is 3.61. The summed E-state index contributed by atoms with van der Waals surface area (Å²) in [6, 6.07) is 13.9. The lowest BCUT2D eigenvalue weighted by Crippen LogP contribution is -2.12. The van der Waals surface area contributed by atoms with E-state index >= 15 is 0 Å². The molecule has 5 heteroatoms. The summed E-state index contributed by atoms with van der Waals surface area (Å²) in [5.74, 6) is 1.60. The van der Waals surface area contributed by atoms with Crippen LogP contribution in [0.3, 0.4) is 0 Å². The predicted octanol–water partition coefficient (Wildman–Crippen LogP) is 4.37. The van der Waals surface area contributed by atoms with E-state index in [4.69, 9.17) is 16.3 Å². The second-order valence-electron chi connectivity index (χ2n) is 5.09. The van der Waals surface area contributed by atoms with Gasteiger partial charge in [-0.15, -0.1) is 0 Å². The molecule has 2 aromatic carbocycles. The molecule has 0 spiro atoms. The van der Waals surface area contributed by atoms with E-state index in [1.165, 1.54) is 0 Å². The minimum atomic E-state index is 0.244. The first-order valence-corrected chi connectivity index (χ1v) is 7.28. The predicted molar refractivity (Wildman–Crippen MR) is 90.3 cm³/mol. The van der Waals surface area contributed by atoms with Gasteiger partial charge in [0.15, 0.2) is 0 Å². The molecular weight excluding hydrogens is 298 g/mol. The van der Waals surface area contributed by atoms with Crippen molar-refractivity contribution in [2.75, 3.05) is 19.1 Å². The molecule has 0 radical (unpaired) electrons. The second-order valence-corrected chi connectivity index (χ2v) is 5.43. The summed E-state index contributed by atoms with van der Waals surface area (Å²) in [5.41, 5.74) is 2.98. The molecule has 0 saturated heterocycles. The van der Waals surface area contributed by atoms with Crippen LogP contribution in [-0.4, -0.2) is 24.1 Å². The summed E-state index contributed by atoms with van der Waals surface area (Å²) in [6.07, 6.45) is 0. The van der Waals surface area contributed by atoms with Gasteiger partial charge in [0.1, 0.15) is 11.6 Å². The topological polar surface area (TPSA) is 38.2 Å². The first-order valence-electron chi connectivity index (χ1n) is 6.90. The summed E-state index contributed by atoms with van der Waals surface area (Å²) in [5, 5.41) is 1.21. The molecule has 1 heterocycles. The summed E-state index contributed by atoms with van der Waals surface area (Å²) >= 11 is 6.09. The zero-order valence-electron chi connectivity index (χ0n) is 12.7. The van der Waals surface area contributed by atoms with Gasteiger partial charge in [-0.1, -0.05) is 6.07 Å². The van der Waals surface area contributed by atoms with E-state index in [9.17, 15) is 0 Å². The fourth-order valence-corrected chi connectivity index (χ4v) is 2.55. The molecule has 1 aromatic heterocycles. The maximum absolute atomic E-state index is 6.09. The third-order valence-electron chi connectivity index (χ3n) is 3.58. The molecule has 0 unspecified atom stereocenters. The van der Waals surface area contributed by atoms with E-state index in [1.54, 1.807) is 7.11 Å². The molecule has 0 fully saturated rings. The molecule has 4 nitrogen and oxygen atoms in total. The third kappa shape index (κ3) is 2.70. The van der Waals surface area contributed by atoms with E-state index in [0.29, 0.717) is 0 Å². The summed E-state index contributed by atoms with van der Waals surface area (Å²) in [6.45, 7) is 2.03. The van der Waals surface area contributed by atoms with Crippen LogP contribution in [0.25, 0.3) is 10.9 Å². The van der Waals surface area contributed by atoms with Crippen LogP contribution in [0.1, 0.15) is 5.56 Å². The monoisotopic (exact) mass is 313 g/mol. The highest BCUT2D eigenvalue weighted by Crippen LogP contribution is 2.31. The Kier molecular flexibility index (Phi) is 3.86. The molecule has 0 N–H and O–H groups in total. The number of ether oxygens (including phenoxy) is 1. The van der Waals surface area contributed by atoms with E-state index in [2.05, 4.69) is 9.97 Å². The number of benzene rings is 2. The fraction of sp³-hybridized carbons (Fsp3) is 0.176. The molecule has 3 aromatic rings. The molecule has 22 heavy (non-hydrogen) atoms. The number of halogens is 1. The largest absolute Gasteiger partial charge is 0.497 e. The standard InChI is InChI=1S/C17H16ClN3O/c1-11-4-9-14-15(10-11)19-17(18)20-16(14)21(2)12-5-7-13(22-3)8-6-12/h4-10H,1-3H3. The zero-order valence-corrected chi connectivity index (χ0v) is 13.4. The normalized spacial score (nSPS) is 10.7. The highest BCUT2D eigenvalue weighted by Gasteiger charge is 2.12. The molecular formula is C17H16ClN3O. The molecule has 0 aliphatic carbocycles. The van der Waals surface area contributed by atoms with Crippen LogP contribution < -0.4 is 9.64 Å². The molecule has 0 atom stereocenters. The molecule has 0 bridgehead atoms. The average molecular weight is 314 g/mol. The summed E-state index contributed by atoms with van der Waals surface area (Å²) < 4.78 is 5.19. The van der Waals surface area contributed by atoms with Gasteiger partial charge in [0, 0.05) is 18.1 Å². The number of methoxy groups -OCH3 is 1. The van der Waals surface area contributed by atoms with Crippen molar-refractivity contribution in [1.29, 1.82) is 0 Å². The number of anilines is 2. The Morgan fingerprint density at radius 3 is 2.45 bits per heavy atom. The Morgan fingerprint density at radius 1 is 1.05 bits per heavy atom. The Labute approximate surface area is 134 Å². The lowest BCUT2D eigenvalue weighted by atomic mass is 10.1. The van der Waals surface area contributed by atoms with Gasteiger partial charge in [0.05, 0.1) is 12.6 Å². The van der Waals surface area contributed by atoms with Gasteiger partial charge in [-0.2, -0.15) is 4.98 Å². The Morgan fingerprint density at radius 2 is 1.77 bits per heavy atom. The van der Waals surface area contributed by atoms with Gasteiger partial charge in [-0.05, 0) is 60.5 Å². The number of rotatable bonds is 3. The van der Waals surface area contributed by atoms with Crippen LogP contribution in [0, 0.1) is 6.92 Å². The van der Waals surface area contributed by atoms with Crippen molar-refractivity contribution in [3.8, 4) is 5.75 Å². The minimum Gasteiger partial charge on any atom is -0.497 e. The number of hydrogen-bond donors (Lipinski definition) is 0. The Hall–Kier alpha value is -2.33. The van der Waals surface area contributed by atoms with E-state index in [-0.39, 0.29) is 5.28 Å². The maximum atomic E-state index is 6.09. The van der Waals surface area contributed by atoms with E-state index < -0.39 is 0 Å². The SMILES string of the molecule is COc1ccc(N(C)c2nc(Cl)nc3cc(C)ccc23)cc1. The maximum Gasteiger partial charge on any atom is 0.224 e. The molecule has 3 rings (SSSR count). The van der Waals surface area contributed by atoms with Crippen molar-refractivity contribution in [3.05, 3.63) is 53.3 Å². The van der Waals surface area contributed by atoms with Crippen molar-refractivity contribution >= 4 is 34.0 Å². The number of fused-ring (bicyclic) bond motifs is 1. The van der Waals surface area contributed by atoms with Crippen LogP contribution in [0.5, 0.6) is 5.75 Å². The highest BCUT2D eigenvalue weighted by atomic mass is 35.5. The fourth-order valence-electron chi connectivity index (χ4n) is 2.38. The molecule has 0 aliphatic heterocycles. The quantitative estimate of drug-likeness (QED) is 0.673. The lowest BCUT2D eigenvalue weighted by Gasteiger charge is -2.20. The van der Waals surface area contributed by atoms with Gasteiger partial charge in [0.25, 0.3) is 0 Å². The van der Waals surface area contributed by atoms with Crippen molar-refractivity contribution in [1.82, 2.24) is 9.97 Å². The molecule has 112 valence electrons. The van der Waals surface area contributed by atoms with E-state index in [1.807, 2.05) is 61.3 Å². The van der Waals surface area contributed by atoms with E-state index in [0.717, 1.165) is 33.7 Å². The first-order chi connectivity index (χ1) is 10.6. The lowest BCUT2D eigenvalue weighted by molar-refractivity contribution is 0.415. The number of hydrogen-bond acceptors (Lipinski definition) is 4. The highest BCUT2D eigenvalue weighted by molar-refractivity contribution is 6.28. The molecule has 0 saturated carbocycles. The van der Waals surface area contributed by atoms with Crippen molar-refractivity contribution in [2.45, 2.75) is 6.92 Å². The average Bonchev–Trinajstić information content (AvgIpc) is 2.53. The van der Waals surface area contributed by atoms with Gasteiger partial charge >= 0.3 is 0 Å². The van der Waals surface area contributed by atoms with Gasteiger partial charge < -0.3 is 9.64 Å². The third-order valence-corrected chi connectivity index (χ3v) is 3.75. The number of aryl methyl sites for hydroxylation is 1. The summed E-state index contributed by atoms with van der Waals surface area (Å²) in [4.78, 5) is 10.7. The Balaban J connectivity index is 2.11. The van der Waals surface area contributed by atoms with Crippen LogP contribution in [0.4, 0.5) is 11.5 Å². The van der Waals surface area contributed by atoms with Gasteiger partial charge in [0.2, 0.25) is 5.28 Å². The van der Waals surface area contributed by atoms with Crippen molar-refractivity contribution < 1.29 is 4.74 Å². The number of nitrogens with zero attached hydrogens (tertiary/aromatic N) is 3.